The summed E-state index contributed by atoms with van der Waals surface area (Å²) in [5, 5.41) is 6.45. The highest BCUT2D eigenvalue weighted by molar-refractivity contribution is 7.80. The molecule has 8 nitrogen and oxygen atoms in total. The Bertz CT molecular complexity index is 960. The molecule has 0 fully saturated rings. The van der Waals surface area contributed by atoms with Gasteiger partial charge in [-0.05, 0) is 43.4 Å². The van der Waals surface area contributed by atoms with Crippen molar-refractivity contribution < 1.29 is 13.9 Å². The van der Waals surface area contributed by atoms with E-state index in [1.165, 1.54) is 0 Å². The van der Waals surface area contributed by atoms with Gasteiger partial charge in [0.05, 0.1) is 6.20 Å². The van der Waals surface area contributed by atoms with Crippen molar-refractivity contribution in [2.24, 2.45) is 0 Å². The molecule has 0 aliphatic carbocycles. The maximum Gasteiger partial charge on any atom is 0.180 e. The normalized spacial score (nSPS) is 10.8. The summed E-state index contributed by atoms with van der Waals surface area (Å²) >= 11 is 5.20. The van der Waals surface area contributed by atoms with Gasteiger partial charge in [0, 0.05) is 13.2 Å². The zero-order valence-electron chi connectivity index (χ0n) is 15.5. The van der Waals surface area contributed by atoms with Crippen LogP contribution in [0.4, 0.5) is 5.82 Å². The summed E-state index contributed by atoms with van der Waals surface area (Å²) in [5.74, 6) is 1.84. The molecule has 0 saturated heterocycles. The number of nitrogens with zero attached hydrogens (tertiary/aromatic N) is 3. The van der Waals surface area contributed by atoms with Gasteiger partial charge in [0.15, 0.2) is 16.5 Å². The number of nitrogens with one attached hydrogen (secondary N) is 2. The molecule has 2 N–H and O–H groups in total. The van der Waals surface area contributed by atoms with Gasteiger partial charge in [-0.1, -0.05) is 6.08 Å². The third-order valence-electron chi connectivity index (χ3n) is 3.58. The highest BCUT2D eigenvalue weighted by atomic mass is 32.1. The average Bonchev–Trinajstić information content (AvgIpc) is 3.18. The Kier molecular flexibility index (Phi) is 7.01. The Morgan fingerprint density at radius 2 is 2.14 bits per heavy atom. The molecule has 0 aliphatic rings. The third kappa shape index (κ3) is 5.32. The molecule has 28 heavy (non-hydrogen) atoms. The number of hydrogen-bond donors (Lipinski definition) is 2. The molecular formula is C19H21N5O3S. The van der Waals surface area contributed by atoms with E-state index in [9.17, 15) is 0 Å². The van der Waals surface area contributed by atoms with Crippen LogP contribution in [-0.4, -0.2) is 40.0 Å². The first kappa shape index (κ1) is 19.9. The van der Waals surface area contributed by atoms with Gasteiger partial charge in [-0.2, -0.15) is 0 Å². The molecule has 0 amide bonds. The lowest BCUT2D eigenvalue weighted by Crippen LogP contribution is -2.28. The number of fused-ring (bicyclic) bond motifs is 1. The zero-order chi connectivity index (χ0) is 19.8. The van der Waals surface area contributed by atoms with Crippen LogP contribution in [-0.2, 0) is 16.1 Å². The number of pyridine rings is 1. The molecule has 0 spiro atoms. The monoisotopic (exact) mass is 399 g/mol. The standard InChI is InChI=1S/C19H21N5O3S/c1-3-9-20-19(28)24-17-8-6-14-18(23-17)22-15(10-21-14)16-7-5-13(27-16)11-26-12-25-4-2/h3,5-8,10H,1,4,9,11-12H2,2H3,(H2,20,22,23,24,28). The molecule has 0 radical (unpaired) electrons. The summed E-state index contributed by atoms with van der Waals surface area (Å²) in [5.41, 5.74) is 1.74. The van der Waals surface area contributed by atoms with Gasteiger partial charge < -0.3 is 24.5 Å². The minimum Gasteiger partial charge on any atom is -0.457 e. The predicted molar refractivity (Wildman–Crippen MR) is 111 cm³/mol. The van der Waals surface area contributed by atoms with Crippen molar-refractivity contribution in [3.63, 3.8) is 0 Å². The molecule has 146 valence electrons. The summed E-state index contributed by atoms with van der Waals surface area (Å²) in [7, 11) is 0. The lowest BCUT2D eigenvalue weighted by Gasteiger charge is -2.08. The van der Waals surface area contributed by atoms with Gasteiger partial charge in [-0.25, -0.2) is 9.97 Å². The largest absolute Gasteiger partial charge is 0.457 e. The first-order chi connectivity index (χ1) is 13.7. The van der Waals surface area contributed by atoms with Gasteiger partial charge >= 0.3 is 0 Å². The van der Waals surface area contributed by atoms with E-state index < -0.39 is 0 Å². The highest BCUT2D eigenvalue weighted by Crippen LogP contribution is 2.22. The zero-order valence-corrected chi connectivity index (χ0v) is 16.3. The van der Waals surface area contributed by atoms with Crippen LogP contribution < -0.4 is 10.6 Å². The summed E-state index contributed by atoms with van der Waals surface area (Å²) in [6.07, 6.45) is 3.37. The second-order valence-corrected chi connectivity index (χ2v) is 6.05. The van der Waals surface area contributed by atoms with Crippen LogP contribution in [0.25, 0.3) is 22.6 Å². The van der Waals surface area contributed by atoms with Crippen LogP contribution in [0.15, 0.2) is 47.5 Å². The summed E-state index contributed by atoms with van der Waals surface area (Å²) in [4.78, 5) is 13.4. The summed E-state index contributed by atoms with van der Waals surface area (Å²) < 4.78 is 16.3. The number of aromatic nitrogens is 3. The lowest BCUT2D eigenvalue weighted by atomic mass is 10.3. The topological polar surface area (TPSA) is 94.3 Å². The molecule has 9 heteroatoms. The Labute approximate surface area is 168 Å². The van der Waals surface area contributed by atoms with Crippen molar-refractivity contribution in [2.45, 2.75) is 13.5 Å². The van der Waals surface area contributed by atoms with Crippen molar-refractivity contribution in [1.82, 2.24) is 20.3 Å². The molecule has 3 aromatic rings. The molecule has 0 aliphatic heterocycles. The first-order valence-electron chi connectivity index (χ1n) is 8.73. The first-order valence-corrected chi connectivity index (χ1v) is 9.14. The van der Waals surface area contributed by atoms with Crippen molar-refractivity contribution in [1.29, 1.82) is 0 Å². The van der Waals surface area contributed by atoms with E-state index >= 15 is 0 Å². The van der Waals surface area contributed by atoms with Crippen LogP contribution >= 0.6 is 12.2 Å². The van der Waals surface area contributed by atoms with E-state index in [0.717, 1.165) is 0 Å². The van der Waals surface area contributed by atoms with Crippen molar-refractivity contribution >= 4 is 34.3 Å². The minimum absolute atomic E-state index is 0.228. The van der Waals surface area contributed by atoms with Gasteiger partial charge in [-0.15, -0.1) is 6.58 Å². The Hall–Kier alpha value is -2.88. The lowest BCUT2D eigenvalue weighted by molar-refractivity contribution is -0.0613. The van der Waals surface area contributed by atoms with Crippen molar-refractivity contribution in [3.05, 3.63) is 48.9 Å². The Balaban J connectivity index is 1.73. The molecule has 3 rings (SSSR count). The van der Waals surface area contributed by atoms with E-state index in [0.29, 0.717) is 59.1 Å². The maximum absolute atomic E-state index is 5.77. The van der Waals surface area contributed by atoms with E-state index in [1.54, 1.807) is 18.3 Å². The smallest absolute Gasteiger partial charge is 0.180 e. The van der Waals surface area contributed by atoms with Crippen LogP contribution in [0.1, 0.15) is 12.7 Å². The average molecular weight is 399 g/mol. The Morgan fingerprint density at radius 1 is 1.25 bits per heavy atom. The van der Waals surface area contributed by atoms with Gasteiger partial charge in [-0.3, -0.25) is 4.98 Å². The SMILES string of the molecule is C=CCNC(=S)Nc1ccc2ncc(-c3ccc(COCOCC)o3)nc2n1. The molecule has 3 aromatic heterocycles. The second-order valence-electron chi connectivity index (χ2n) is 5.64. The molecule has 3 heterocycles. The van der Waals surface area contributed by atoms with Gasteiger partial charge in [0.25, 0.3) is 0 Å². The fourth-order valence-electron chi connectivity index (χ4n) is 2.29. The van der Waals surface area contributed by atoms with Crippen LogP contribution in [0.2, 0.25) is 0 Å². The van der Waals surface area contributed by atoms with E-state index in [-0.39, 0.29) is 6.79 Å². The molecule has 0 saturated carbocycles. The number of thiocarbonyl (C=S) groups is 1. The molecule has 0 aromatic carbocycles. The van der Waals surface area contributed by atoms with Crippen molar-refractivity contribution in [2.75, 3.05) is 25.3 Å². The molecular weight excluding hydrogens is 378 g/mol. The van der Waals surface area contributed by atoms with Gasteiger partial charge in [0.1, 0.15) is 36.2 Å². The van der Waals surface area contributed by atoms with E-state index in [4.69, 9.17) is 26.1 Å². The summed E-state index contributed by atoms with van der Waals surface area (Å²) in [6.45, 7) is 7.27. The molecule has 0 atom stereocenters. The quantitative estimate of drug-likeness (QED) is 0.243. The van der Waals surface area contributed by atoms with Crippen LogP contribution in [0.5, 0.6) is 0 Å². The number of ether oxygens (including phenoxy) is 2. The maximum atomic E-state index is 5.77. The van der Waals surface area contributed by atoms with Crippen molar-refractivity contribution in [3.8, 4) is 11.5 Å². The summed E-state index contributed by atoms with van der Waals surface area (Å²) in [6, 6.07) is 7.28. The third-order valence-corrected chi connectivity index (χ3v) is 3.83. The number of hydrogen-bond acceptors (Lipinski definition) is 7. The van der Waals surface area contributed by atoms with Crippen LogP contribution in [0, 0.1) is 0 Å². The molecule has 0 bridgehead atoms. The number of rotatable bonds is 9. The number of anilines is 1. The minimum atomic E-state index is 0.228. The second kappa shape index (κ2) is 9.88. The van der Waals surface area contributed by atoms with E-state index in [2.05, 4.69) is 32.2 Å². The fourth-order valence-corrected chi connectivity index (χ4v) is 2.48. The van der Waals surface area contributed by atoms with Crippen LogP contribution in [0.3, 0.4) is 0 Å². The molecule has 0 unspecified atom stereocenters. The van der Waals surface area contributed by atoms with Gasteiger partial charge in [0.2, 0.25) is 0 Å². The Morgan fingerprint density at radius 3 is 2.96 bits per heavy atom. The fraction of sp³-hybridized carbons (Fsp3) is 0.263. The number of furan rings is 1. The van der Waals surface area contributed by atoms with E-state index in [1.807, 2.05) is 25.1 Å². The highest BCUT2D eigenvalue weighted by Gasteiger charge is 2.10. The predicted octanol–water partition coefficient (Wildman–Crippen LogP) is 3.27.